The summed E-state index contributed by atoms with van der Waals surface area (Å²) in [5.41, 5.74) is 0.833. The van der Waals surface area contributed by atoms with Crippen molar-refractivity contribution < 1.29 is 14.6 Å². The van der Waals surface area contributed by atoms with Crippen molar-refractivity contribution in [3.05, 3.63) is 28.2 Å². The molecule has 94 valence electrons. The Morgan fingerprint density at radius 3 is 2.76 bits per heavy atom. The van der Waals surface area contributed by atoms with E-state index in [1.54, 1.807) is 6.92 Å². The number of benzene rings is 1. The summed E-state index contributed by atoms with van der Waals surface area (Å²) in [6, 6.07) is 5.72. The summed E-state index contributed by atoms with van der Waals surface area (Å²) >= 11 is 3.42. The Labute approximate surface area is 110 Å². The van der Waals surface area contributed by atoms with Crippen LogP contribution in [-0.4, -0.2) is 24.4 Å². The van der Waals surface area contributed by atoms with Crippen LogP contribution in [0.3, 0.4) is 0 Å². The van der Waals surface area contributed by atoms with E-state index in [1.807, 2.05) is 18.2 Å². The summed E-state index contributed by atoms with van der Waals surface area (Å²) in [5.74, 6) is 0.765. The van der Waals surface area contributed by atoms with Crippen LogP contribution < -0.4 is 4.74 Å². The Hall–Kier alpha value is -0.580. The fourth-order valence-corrected chi connectivity index (χ4v) is 2.27. The van der Waals surface area contributed by atoms with Gasteiger partial charge in [0, 0.05) is 22.9 Å². The van der Waals surface area contributed by atoms with Gasteiger partial charge in [-0.1, -0.05) is 22.0 Å². The maximum absolute atomic E-state index is 9.70. The molecule has 1 heterocycles. The van der Waals surface area contributed by atoms with E-state index in [9.17, 15) is 5.11 Å². The molecule has 1 aliphatic rings. The zero-order valence-electron chi connectivity index (χ0n) is 9.86. The molecule has 1 aromatic carbocycles. The van der Waals surface area contributed by atoms with E-state index >= 15 is 0 Å². The minimum atomic E-state index is -0.516. The average Bonchev–Trinajstić information content (AvgIpc) is 2.30. The molecular weight excluding hydrogens is 284 g/mol. The number of halogens is 1. The van der Waals surface area contributed by atoms with Gasteiger partial charge >= 0.3 is 0 Å². The molecule has 0 spiro atoms. The monoisotopic (exact) mass is 300 g/mol. The van der Waals surface area contributed by atoms with Gasteiger partial charge in [0.05, 0.1) is 19.3 Å². The molecule has 0 aliphatic carbocycles. The van der Waals surface area contributed by atoms with Gasteiger partial charge < -0.3 is 14.6 Å². The van der Waals surface area contributed by atoms with Crippen molar-refractivity contribution >= 4 is 15.9 Å². The molecule has 2 rings (SSSR count). The fourth-order valence-electron chi connectivity index (χ4n) is 1.93. The molecule has 17 heavy (non-hydrogen) atoms. The summed E-state index contributed by atoms with van der Waals surface area (Å²) in [6.45, 7) is 3.26. The van der Waals surface area contributed by atoms with E-state index in [2.05, 4.69) is 15.9 Å². The summed E-state index contributed by atoms with van der Waals surface area (Å²) in [7, 11) is 0. The molecule has 0 bridgehead atoms. The molecule has 4 heteroatoms. The summed E-state index contributed by atoms with van der Waals surface area (Å²) in [4.78, 5) is 0. The third-order valence-electron chi connectivity index (χ3n) is 2.89. The van der Waals surface area contributed by atoms with Crippen LogP contribution in [0.2, 0.25) is 0 Å². The van der Waals surface area contributed by atoms with Gasteiger partial charge in [-0.15, -0.1) is 0 Å². The Bertz CT molecular complexity index is 373. The third-order valence-corrected chi connectivity index (χ3v) is 3.38. The molecule has 3 nitrogen and oxygen atoms in total. The van der Waals surface area contributed by atoms with Crippen LogP contribution in [0, 0.1) is 0 Å². The minimum Gasteiger partial charge on any atom is -0.490 e. The fraction of sp³-hybridized carbons (Fsp3) is 0.538. The molecule has 0 aromatic heterocycles. The molecule has 0 radical (unpaired) electrons. The smallest absolute Gasteiger partial charge is 0.126 e. The van der Waals surface area contributed by atoms with Crippen molar-refractivity contribution in [2.45, 2.75) is 32.0 Å². The molecule has 1 saturated heterocycles. The molecule has 1 fully saturated rings. The van der Waals surface area contributed by atoms with Gasteiger partial charge in [-0.25, -0.2) is 0 Å². The van der Waals surface area contributed by atoms with Crippen LogP contribution in [0.25, 0.3) is 0 Å². The van der Waals surface area contributed by atoms with Crippen LogP contribution in [0.15, 0.2) is 22.7 Å². The Morgan fingerprint density at radius 2 is 2.12 bits per heavy atom. The highest BCUT2D eigenvalue weighted by Gasteiger charge is 2.18. The number of aliphatic hydroxyl groups excluding tert-OH is 1. The molecule has 1 unspecified atom stereocenters. The van der Waals surface area contributed by atoms with Crippen LogP contribution in [0.1, 0.15) is 31.4 Å². The second-order valence-electron chi connectivity index (χ2n) is 4.29. The quantitative estimate of drug-likeness (QED) is 0.932. The van der Waals surface area contributed by atoms with Crippen LogP contribution in [0.4, 0.5) is 0 Å². The summed E-state index contributed by atoms with van der Waals surface area (Å²) in [5, 5.41) is 9.70. The first-order valence-electron chi connectivity index (χ1n) is 5.88. The molecule has 1 aliphatic heterocycles. The number of rotatable bonds is 3. The standard InChI is InChI=1S/C13H17BrO3/c1-9(15)12-3-2-10(14)8-13(12)17-11-4-6-16-7-5-11/h2-3,8-9,11,15H,4-7H2,1H3. The largest absolute Gasteiger partial charge is 0.490 e. The van der Waals surface area contributed by atoms with Crippen molar-refractivity contribution in [1.82, 2.24) is 0 Å². The maximum Gasteiger partial charge on any atom is 0.126 e. The first kappa shape index (κ1) is 12.9. The van der Waals surface area contributed by atoms with E-state index in [0.29, 0.717) is 0 Å². The van der Waals surface area contributed by atoms with Crippen molar-refractivity contribution in [1.29, 1.82) is 0 Å². The lowest BCUT2D eigenvalue weighted by Crippen LogP contribution is -2.26. The third kappa shape index (κ3) is 3.44. The SMILES string of the molecule is CC(O)c1ccc(Br)cc1OC1CCOCC1. The van der Waals surface area contributed by atoms with Gasteiger partial charge in [-0.05, 0) is 19.1 Å². The minimum absolute atomic E-state index is 0.190. The molecule has 1 N–H and O–H groups in total. The Balaban J connectivity index is 2.14. The first-order chi connectivity index (χ1) is 8.16. The van der Waals surface area contributed by atoms with Gasteiger partial charge in [-0.2, -0.15) is 0 Å². The maximum atomic E-state index is 9.70. The predicted molar refractivity (Wildman–Crippen MR) is 69.2 cm³/mol. The molecule has 0 saturated carbocycles. The van der Waals surface area contributed by atoms with Gasteiger partial charge in [0.2, 0.25) is 0 Å². The van der Waals surface area contributed by atoms with Crippen molar-refractivity contribution in [3.8, 4) is 5.75 Å². The Morgan fingerprint density at radius 1 is 1.41 bits per heavy atom. The normalized spacial score (nSPS) is 19.0. The van der Waals surface area contributed by atoms with Crippen molar-refractivity contribution in [2.75, 3.05) is 13.2 Å². The predicted octanol–water partition coefficient (Wildman–Crippen LogP) is 3.06. The van der Waals surface area contributed by atoms with E-state index in [1.165, 1.54) is 0 Å². The molecule has 1 atom stereocenters. The first-order valence-corrected chi connectivity index (χ1v) is 6.68. The Kier molecular flexibility index (Phi) is 4.42. The topological polar surface area (TPSA) is 38.7 Å². The molecular formula is C13H17BrO3. The van der Waals surface area contributed by atoms with Gasteiger partial charge in [0.25, 0.3) is 0 Å². The van der Waals surface area contributed by atoms with E-state index in [-0.39, 0.29) is 6.10 Å². The van der Waals surface area contributed by atoms with Crippen LogP contribution >= 0.6 is 15.9 Å². The number of hydrogen-bond donors (Lipinski definition) is 1. The van der Waals surface area contributed by atoms with E-state index < -0.39 is 6.10 Å². The van der Waals surface area contributed by atoms with Crippen LogP contribution in [-0.2, 0) is 4.74 Å². The van der Waals surface area contributed by atoms with Crippen LogP contribution in [0.5, 0.6) is 5.75 Å². The second kappa shape index (κ2) is 5.85. The highest BCUT2D eigenvalue weighted by Crippen LogP contribution is 2.30. The number of hydrogen-bond acceptors (Lipinski definition) is 3. The lowest BCUT2D eigenvalue weighted by atomic mass is 10.1. The van der Waals surface area contributed by atoms with Crippen molar-refractivity contribution in [3.63, 3.8) is 0 Å². The van der Waals surface area contributed by atoms with E-state index in [4.69, 9.17) is 9.47 Å². The number of ether oxygens (including phenoxy) is 2. The van der Waals surface area contributed by atoms with Gasteiger partial charge in [0.15, 0.2) is 0 Å². The molecule has 1 aromatic rings. The lowest BCUT2D eigenvalue weighted by molar-refractivity contribution is 0.0242. The zero-order valence-corrected chi connectivity index (χ0v) is 11.4. The highest BCUT2D eigenvalue weighted by atomic mass is 79.9. The van der Waals surface area contributed by atoms with Gasteiger partial charge in [-0.3, -0.25) is 0 Å². The zero-order chi connectivity index (χ0) is 12.3. The molecule has 0 amide bonds. The lowest BCUT2D eigenvalue weighted by Gasteiger charge is -2.25. The van der Waals surface area contributed by atoms with E-state index in [0.717, 1.165) is 41.8 Å². The van der Waals surface area contributed by atoms with Crippen molar-refractivity contribution in [2.24, 2.45) is 0 Å². The summed E-state index contributed by atoms with van der Waals surface area (Å²) in [6.07, 6.45) is 1.49. The average molecular weight is 301 g/mol. The number of aliphatic hydroxyl groups is 1. The summed E-state index contributed by atoms with van der Waals surface area (Å²) < 4.78 is 12.2. The second-order valence-corrected chi connectivity index (χ2v) is 5.20. The van der Waals surface area contributed by atoms with Gasteiger partial charge in [0.1, 0.15) is 11.9 Å². The highest BCUT2D eigenvalue weighted by molar-refractivity contribution is 9.10.